The number of ether oxygens (including phenoxy) is 3. The summed E-state index contributed by atoms with van der Waals surface area (Å²) in [6.45, 7) is 2.73. The number of nitrogens with one attached hydrogen (secondary N) is 1. The van der Waals surface area contributed by atoms with Gasteiger partial charge in [-0.15, -0.1) is 11.3 Å². The van der Waals surface area contributed by atoms with Crippen LogP contribution in [0, 0.1) is 0 Å². The van der Waals surface area contributed by atoms with E-state index < -0.39 is 6.10 Å². The molecule has 6 rings (SSSR count). The lowest BCUT2D eigenvalue weighted by Gasteiger charge is -2.34. The number of aliphatic hydroxyl groups excluding tert-OH is 1. The normalized spacial score (nSPS) is 16.4. The SMILES string of the molecule is OC(CNC1CCN(c2ncnc3scc(-c4ccccc4)c23)CC1)COc1ccc2c(c1)OCO2. The monoisotopic (exact) mass is 504 g/mol. The molecule has 4 aromatic rings. The summed E-state index contributed by atoms with van der Waals surface area (Å²) in [7, 11) is 0. The summed E-state index contributed by atoms with van der Waals surface area (Å²) in [5.41, 5.74) is 2.38. The van der Waals surface area contributed by atoms with Gasteiger partial charge < -0.3 is 29.5 Å². The fourth-order valence-corrected chi connectivity index (χ4v) is 5.66. The first-order valence-corrected chi connectivity index (χ1v) is 13.1. The van der Waals surface area contributed by atoms with Gasteiger partial charge >= 0.3 is 0 Å². The predicted molar refractivity (Wildman–Crippen MR) is 140 cm³/mol. The number of benzene rings is 2. The molecule has 2 aliphatic rings. The number of fused-ring (bicyclic) bond motifs is 2. The Morgan fingerprint density at radius 3 is 2.78 bits per heavy atom. The van der Waals surface area contributed by atoms with Crippen LogP contribution in [0.2, 0.25) is 0 Å². The Morgan fingerprint density at radius 2 is 1.92 bits per heavy atom. The Balaban J connectivity index is 1.03. The van der Waals surface area contributed by atoms with Gasteiger partial charge in [0.1, 0.15) is 35.4 Å². The van der Waals surface area contributed by atoms with E-state index >= 15 is 0 Å². The number of thiophene rings is 1. The zero-order valence-corrected chi connectivity index (χ0v) is 20.6. The highest BCUT2D eigenvalue weighted by Gasteiger charge is 2.24. The molecule has 36 heavy (non-hydrogen) atoms. The van der Waals surface area contributed by atoms with E-state index in [0.29, 0.717) is 29.8 Å². The lowest BCUT2D eigenvalue weighted by molar-refractivity contribution is 0.102. The Bertz CT molecular complexity index is 1320. The third-order valence-electron chi connectivity index (χ3n) is 6.66. The fraction of sp³-hybridized carbons (Fsp3) is 0.333. The van der Waals surface area contributed by atoms with Gasteiger partial charge in [-0.2, -0.15) is 0 Å². The van der Waals surface area contributed by atoms with Crippen molar-refractivity contribution < 1.29 is 19.3 Å². The summed E-state index contributed by atoms with van der Waals surface area (Å²) >= 11 is 1.66. The number of aliphatic hydroxyl groups is 1. The third kappa shape index (κ3) is 4.82. The molecule has 9 heteroatoms. The first-order valence-electron chi connectivity index (χ1n) is 12.2. The predicted octanol–water partition coefficient (Wildman–Crippen LogP) is 4.09. The van der Waals surface area contributed by atoms with Crippen LogP contribution in [0.4, 0.5) is 5.82 Å². The minimum absolute atomic E-state index is 0.213. The van der Waals surface area contributed by atoms with Crippen LogP contribution in [0.5, 0.6) is 17.2 Å². The zero-order valence-electron chi connectivity index (χ0n) is 19.8. The molecule has 2 aromatic carbocycles. The van der Waals surface area contributed by atoms with Crippen LogP contribution >= 0.6 is 11.3 Å². The lowest BCUT2D eigenvalue weighted by Crippen LogP contribution is -2.45. The van der Waals surface area contributed by atoms with E-state index in [4.69, 9.17) is 19.2 Å². The molecule has 0 radical (unpaired) electrons. The van der Waals surface area contributed by atoms with Crippen LogP contribution in [0.25, 0.3) is 21.3 Å². The molecular weight excluding hydrogens is 476 g/mol. The Labute approximate surface area is 213 Å². The number of hydrogen-bond donors (Lipinski definition) is 2. The minimum Gasteiger partial charge on any atom is -0.491 e. The van der Waals surface area contributed by atoms with Crippen LogP contribution in [0.3, 0.4) is 0 Å². The fourth-order valence-electron chi connectivity index (χ4n) is 4.75. The second-order valence-electron chi connectivity index (χ2n) is 9.04. The highest BCUT2D eigenvalue weighted by Crippen LogP contribution is 2.38. The standard InChI is InChI=1S/C27H28N4O4S/c32-20(14-33-21-6-7-23-24(12-21)35-17-34-23)13-28-19-8-10-31(11-9-19)26-25-22(18-4-2-1-3-5-18)15-36-27(25)30-16-29-26/h1-7,12,15-16,19-20,28,32H,8-11,13-14,17H2. The number of piperidine rings is 1. The molecule has 2 aliphatic heterocycles. The van der Waals surface area contributed by atoms with Crippen molar-refractivity contribution in [2.75, 3.05) is 37.9 Å². The smallest absolute Gasteiger partial charge is 0.231 e. The van der Waals surface area contributed by atoms with Crippen LogP contribution in [-0.2, 0) is 0 Å². The summed E-state index contributed by atoms with van der Waals surface area (Å²) in [5.74, 6) is 3.06. The maximum Gasteiger partial charge on any atom is 0.231 e. The van der Waals surface area contributed by atoms with E-state index in [1.54, 1.807) is 23.7 Å². The molecule has 186 valence electrons. The maximum atomic E-state index is 10.4. The number of hydrogen-bond acceptors (Lipinski definition) is 9. The van der Waals surface area contributed by atoms with E-state index in [9.17, 15) is 5.11 Å². The molecule has 4 heterocycles. The molecule has 0 aliphatic carbocycles. The van der Waals surface area contributed by atoms with Gasteiger partial charge in [0, 0.05) is 42.7 Å². The number of anilines is 1. The summed E-state index contributed by atoms with van der Waals surface area (Å²) < 4.78 is 16.4. The maximum absolute atomic E-state index is 10.4. The molecule has 1 unspecified atom stereocenters. The molecule has 1 fully saturated rings. The van der Waals surface area contributed by atoms with E-state index in [1.807, 2.05) is 18.2 Å². The molecule has 1 atom stereocenters. The molecule has 1 saturated heterocycles. The van der Waals surface area contributed by atoms with Gasteiger partial charge in [-0.1, -0.05) is 30.3 Å². The number of aromatic nitrogens is 2. The molecule has 2 N–H and O–H groups in total. The Morgan fingerprint density at radius 1 is 1.08 bits per heavy atom. The van der Waals surface area contributed by atoms with Gasteiger partial charge in [0.25, 0.3) is 0 Å². The first-order chi connectivity index (χ1) is 17.7. The van der Waals surface area contributed by atoms with Crippen molar-refractivity contribution in [1.82, 2.24) is 15.3 Å². The average molecular weight is 505 g/mol. The van der Waals surface area contributed by atoms with Gasteiger partial charge in [-0.3, -0.25) is 0 Å². The van der Waals surface area contributed by atoms with Crippen molar-refractivity contribution in [3.63, 3.8) is 0 Å². The molecule has 0 saturated carbocycles. The molecule has 0 bridgehead atoms. The number of rotatable bonds is 8. The second kappa shape index (κ2) is 10.3. The van der Waals surface area contributed by atoms with Crippen molar-refractivity contribution in [3.05, 3.63) is 60.2 Å². The van der Waals surface area contributed by atoms with Crippen molar-refractivity contribution in [3.8, 4) is 28.4 Å². The molecule has 8 nitrogen and oxygen atoms in total. The highest BCUT2D eigenvalue weighted by atomic mass is 32.1. The van der Waals surface area contributed by atoms with Crippen LogP contribution in [0.1, 0.15) is 12.8 Å². The third-order valence-corrected chi connectivity index (χ3v) is 7.54. The van der Waals surface area contributed by atoms with Crippen LogP contribution in [0.15, 0.2) is 60.2 Å². The van der Waals surface area contributed by atoms with Gasteiger partial charge in [0.05, 0.1) is 5.39 Å². The minimum atomic E-state index is -0.603. The van der Waals surface area contributed by atoms with Crippen molar-refractivity contribution in [1.29, 1.82) is 0 Å². The van der Waals surface area contributed by atoms with Crippen molar-refractivity contribution >= 4 is 27.4 Å². The quantitative estimate of drug-likeness (QED) is 0.371. The zero-order chi connectivity index (χ0) is 24.3. The van der Waals surface area contributed by atoms with Gasteiger partial charge in [0.15, 0.2) is 11.5 Å². The summed E-state index contributed by atoms with van der Waals surface area (Å²) in [6.07, 6.45) is 3.02. The van der Waals surface area contributed by atoms with E-state index in [-0.39, 0.29) is 13.4 Å². The topological polar surface area (TPSA) is 89.0 Å². The molecule has 0 spiro atoms. The second-order valence-corrected chi connectivity index (χ2v) is 9.90. The molecule has 0 amide bonds. The summed E-state index contributed by atoms with van der Waals surface area (Å²) in [5, 5.41) is 17.3. The lowest BCUT2D eigenvalue weighted by atomic mass is 10.0. The average Bonchev–Trinajstić information content (AvgIpc) is 3.58. The van der Waals surface area contributed by atoms with E-state index in [1.165, 1.54) is 11.1 Å². The Hall–Kier alpha value is -3.40. The largest absolute Gasteiger partial charge is 0.491 e. The van der Waals surface area contributed by atoms with E-state index in [2.05, 4.69) is 44.8 Å². The van der Waals surface area contributed by atoms with Gasteiger partial charge in [0.2, 0.25) is 6.79 Å². The van der Waals surface area contributed by atoms with Crippen molar-refractivity contribution in [2.45, 2.75) is 25.0 Å². The molecular formula is C27H28N4O4S. The summed E-state index contributed by atoms with van der Waals surface area (Å²) in [4.78, 5) is 12.6. The van der Waals surface area contributed by atoms with Gasteiger partial charge in [-0.25, -0.2) is 9.97 Å². The molecule has 2 aromatic heterocycles. The first kappa shape index (κ1) is 23.0. The van der Waals surface area contributed by atoms with Gasteiger partial charge in [-0.05, 0) is 30.5 Å². The number of nitrogens with zero attached hydrogens (tertiary/aromatic N) is 3. The van der Waals surface area contributed by atoms with Crippen LogP contribution < -0.4 is 24.4 Å². The van der Waals surface area contributed by atoms with Crippen LogP contribution in [-0.4, -0.2) is 60.3 Å². The van der Waals surface area contributed by atoms with E-state index in [0.717, 1.165) is 42.0 Å². The van der Waals surface area contributed by atoms with Crippen molar-refractivity contribution in [2.24, 2.45) is 0 Å². The summed E-state index contributed by atoms with van der Waals surface area (Å²) in [6, 6.07) is 16.2. The Kier molecular flexibility index (Phi) is 6.59. The highest BCUT2D eigenvalue weighted by molar-refractivity contribution is 7.17.